The number of carbonyl (C=O) groups is 2. The molecular weight excluding hydrogens is 420 g/mol. The number of hydrazine groups is 1. The fraction of sp³-hybridized carbons (Fsp3) is 0.280. The second-order valence-electron chi connectivity index (χ2n) is 8.53. The first-order valence-electron chi connectivity index (χ1n) is 11.0. The van der Waals surface area contributed by atoms with Crippen LogP contribution in [-0.2, 0) is 22.6 Å². The topological polar surface area (TPSA) is 96.4 Å². The van der Waals surface area contributed by atoms with Crippen LogP contribution < -0.4 is 5.43 Å². The molecule has 0 spiro atoms. The van der Waals surface area contributed by atoms with Crippen LogP contribution in [0.2, 0.25) is 0 Å². The summed E-state index contributed by atoms with van der Waals surface area (Å²) in [6, 6.07) is 18.0. The number of fused-ring (bicyclic) bond motifs is 2. The van der Waals surface area contributed by atoms with Crippen molar-refractivity contribution < 1.29 is 19.8 Å². The molecular formula is C25H26N4O4. The highest BCUT2D eigenvalue weighted by Gasteiger charge is 2.49. The third kappa shape index (κ3) is 3.77. The molecule has 3 aromatic carbocycles. The Hall–Kier alpha value is -3.62. The van der Waals surface area contributed by atoms with E-state index in [2.05, 4.69) is 23.6 Å². The summed E-state index contributed by atoms with van der Waals surface area (Å²) in [5.41, 5.74) is 4.81. The van der Waals surface area contributed by atoms with Crippen molar-refractivity contribution in [1.82, 2.24) is 20.2 Å². The lowest BCUT2D eigenvalue weighted by Gasteiger charge is -2.44. The molecule has 3 N–H and O–H groups in total. The summed E-state index contributed by atoms with van der Waals surface area (Å²) in [7, 11) is 1.77. The quantitative estimate of drug-likeness (QED) is 0.518. The molecule has 3 aromatic rings. The molecule has 8 heteroatoms. The maximum atomic E-state index is 13.7. The molecule has 2 aliphatic rings. The standard InChI is InChI=1S/C25H26N4O4/c1-26-28-15-24(32)29-20(11-16-9-10-21(30)22(31)12-16)25(33)27(14-23(28)29)13-18-7-4-6-17-5-2-3-8-19(17)18/h2-10,12,20,23,26,30-31H,11,13-15H2,1H3/t20-,23+/m0/s1. The van der Waals surface area contributed by atoms with Crippen molar-refractivity contribution in [2.75, 3.05) is 20.1 Å². The molecule has 2 aliphatic heterocycles. The molecule has 0 radical (unpaired) electrons. The van der Waals surface area contributed by atoms with Gasteiger partial charge < -0.3 is 20.0 Å². The van der Waals surface area contributed by atoms with E-state index in [-0.39, 0.29) is 42.4 Å². The monoisotopic (exact) mass is 446 g/mol. The van der Waals surface area contributed by atoms with Gasteiger partial charge in [-0.25, -0.2) is 5.01 Å². The number of piperazine rings is 1. The van der Waals surface area contributed by atoms with E-state index >= 15 is 0 Å². The average molecular weight is 447 g/mol. The summed E-state index contributed by atoms with van der Waals surface area (Å²) in [4.78, 5) is 30.0. The van der Waals surface area contributed by atoms with Gasteiger partial charge in [0.1, 0.15) is 12.2 Å². The Labute approximate surface area is 191 Å². The highest BCUT2D eigenvalue weighted by Crippen LogP contribution is 2.31. The van der Waals surface area contributed by atoms with E-state index < -0.39 is 6.04 Å². The van der Waals surface area contributed by atoms with Crippen molar-refractivity contribution in [3.8, 4) is 11.5 Å². The van der Waals surface area contributed by atoms with Crippen LogP contribution in [-0.4, -0.2) is 69.2 Å². The SMILES string of the molecule is CNN1CC(=O)N2[C@@H]1CN(Cc1cccc3ccccc13)C(=O)[C@@H]2Cc1ccc(O)c(O)c1. The van der Waals surface area contributed by atoms with Gasteiger partial charge in [0.2, 0.25) is 11.8 Å². The summed E-state index contributed by atoms with van der Waals surface area (Å²) in [6.45, 7) is 1.02. The van der Waals surface area contributed by atoms with Gasteiger partial charge >= 0.3 is 0 Å². The molecule has 8 nitrogen and oxygen atoms in total. The van der Waals surface area contributed by atoms with Gasteiger partial charge in [0.05, 0.1) is 13.1 Å². The molecule has 2 saturated heterocycles. The van der Waals surface area contributed by atoms with Gasteiger partial charge in [-0.15, -0.1) is 0 Å². The maximum absolute atomic E-state index is 13.7. The Bertz CT molecular complexity index is 1220. The third-order valence-electron chi connectivity index (χ3n) is 6.59. The third-order valence-corrected chi connectivity index (χ3v) is 6.59. The van der Waals surface area contributed by atoms with Crippen molar-refractivity contribution >= 4 is 22.6 Å². The lowest BCUT2D eigenvalue weighted by molar-refractivity contribution is -0.154. The van der Waals surface area contributed by atoms with Crippen molar-refractivity contribution in [3.63, 3.8) is 0 Å². The first kappa shape index (κ1) is 21.2. The lowest BCUT2D eigenvalue weighted by Crippen LogP contribution is -2.64. The van der Waals surface area contributed by atoms with Crippen molar-refractivity contribution in [1.29, 1.82) is 0 Å². The number of nitrogens with zero attached hydrogens (tertiary/aromatic N) is 3. The van der Waals surface area contributed by atoms with E-state index in [0.29, 0.717) is 18.7 Å². The summed E-state index contributed by atoms with van der Waals surface area (Å²) >= 11 is 0. The van der Waals surface area contributed by atoms with E-state index in [0.717, 1.165) is 16.3 Å². The smallest absolute Gasteiger partial charge is 0.246 e. The van der Waals surface area contributed by atoms with Crippen LogP contribution in [0.4, 0.5) is 0 Å². The normalized spacial score (nSPS) is 21.1. The van der Waals surface area contributed by atoms with Crippen LogP contribution in [0.3, 0.4) is 0 Å². The molecule has 2 fully saturated rings. The van der Waals surface area contributed by atoms with E-state index in [1.54, 1.807) is 18.0 Å². The average Bonchev–Trinajstić information content (AvgIpc) is 3.14. The second kappa shape index (κ2) is 8.38. The zero-order valence-corrected chi connectivity index (χ0v) is 18.3. The van der Waals surface area contributed by atoms with Gasteiger partial charge in [0.15, 0.2) is 11.5 Å². The Kier molecular flexibility index (Phi) is 5.39. The predicted octanol–water partition coefficient (Wildman–Crippen LogP) is 1.81. The number of hydrogen-bond donors (Lipinski definition) is 3. The number of benzene rings is 3. The minimum Gasteiger partial charge on any atom is -0.504 e. The molecule has 2 heterocycles. The first-order valence-corrected chi connectivity index (χ1v) is 11.0. The Balaban J connectivity index is 1.49. The van der Waals surface area contributed by atoms with Crippen molar-refractivity contribution in [2.24, 2.45) is 0 Å². The number of phenolic OH excluding ortho intramolecular Hbond substituents is 2. The van der Waals surface area contributed by atoms with Crippen LogP contribution in [0.1, 0.15) is 11.1 Å². The van der Waals surface area contributed by atoms with Gasteiger partial charge in [0.25, 0.3) is 0 Å². The summed E-state index contributed by atoms with van der Waals surface area (Å²) in [6.07, 6.45) is -0.0377. The van der Waals surface area contributed by atoms with Crippen molar-refractivity contribution in [3.05, 3.63) is 71.8 Å². The number of phenols is 2. The summed E-state index contributed by atoms with van der Waals surface area (Å²) < 4.78 is 0. The highest BCUT2D eigenvalue weighted by atomic mass is 16.3. The number of carbonyl (C=O) groups excluding carboxylic acids is 2. The molecule has 170 valence electrons. The zero-order chi connectivity index (χ0) is 23.1. The lowest BCUT2D eigenvalue weighted by atomic mass is 9.98. The number of hydrogen-bond acceptors (Lipinski definition) is 6. The van der Waals surface area contributed by atoms with E-state index in [4.69, 9.17) is 0 Å². The molecule has 0 saturated carbocycles. The Morgan fingerprint density at radius 1 is 1.00 bits per heavy atom. The van der Waals surface area contributed by atoms with Gasteiger partial charge in [-0.3, -0.25) is 15.0 Å². The molecule has 2 atom stereocenters. The molecule has 0 unspecified atom stereocenters. The molecule has 33 heavy (non-hydrogen) atoms. The number of rotatable bonds is 5. The Morgan fingerprint density at radius 3 is 2.58 bits per heavy atom. The van der Waals surface area contributed by atoms with Crippen LogP contribution in [0, 0.1) is 0 Å². The molecule has 0 bridgehead atoms. The number of amides is 2. The van der Waals surface area contributed by atoms with E-state index in [1.807, 2.05) is 34.2 Å². The molecule has 5 rings (SSSR count). The minimum absolute atomic E-state index is 0.111. The van der Waals surface area contributed by atoms with Gasteiger partial charge in [-0.1, -0.05) is 48.5 Å². The van der Waals surface area contributed by atoms with Gasteiger partial charge in [0, 0.05) is 13.0 Å². The fourth-order valence-electron chi connectivity index (χ4n) is 4.95. The van der Waals surface area contributed by atoms with E-state index in [1.165, 1.54) is 12.1 Å². The number of aromatic hydroxyl groups is 2. The predicted molar refractivity (Wildman–Crippen MR) is 123 cm³/mol. The van der Waals surface area contributed by atoms with Gasteiger partial charge in [-0.2, -0.15) is 0 Å². The zero-order valence-electron chi connectivity index (χ0n) is 18.3. The van der Waals surface area contributed by atoms with Crippen LogP contribution >= 0.6 is 0 Å². The fourth-order valence-corrected chi connectivity index (χ4v) is 4.95. The highest BCUT2D eigenvalue weighted by molar-refractivity contribution is 5.92. The molecule has 0 aliphatic carbocycles. The Morgan fingerprint density at radius 2 is 1.79 bits per heavy atom. The first-order chi connectivity index (χ1) is 16.0. The molecule has 2 amide bonds. The number of nitrogens with one attached hydrogen (secondary N) is 1. The summed E-state index contributed by atoms with van der Waals surface area (Å²) in [5, 5.41) is 23.6. The van der Waals surface area contributed by atoms with Gasteiger partial charge in [-0.05, 0) is 41.1 Å². The van der Waals surface area contributed by atoms with Crippen LogP contribution in [0.15, 0.2) is 60.7 Å². The van der Waals surface area contributed by atoms with E-state index in [9.17, 15) is 19.8 Å². The maximum Gasteiger partial charge on any atom is 0.246 e. The van der Waals surface area contributed by atoms with Crippen molar-refractivity contribution in [2.45, 2.75) is 25.2 Å². The second-order valence-corrected chi connectivity index (χ2v) is 8.53. The van der Waals surface area contributed by atoms with Crippen LogP contribution in [0.5, 0.6) is 11.5 Å². The summed E-state index contributed by atoms with van der Waals surface area (Å²) in [5.74, 6) is -0.703. The minimum atomic E-state index is -0.700. The van der Waals surface area contributed by atoms with Crippen LogP contribution in [0.25, 0.3) is 10.8 Å². The largest absolute Gasteiger partial charge is 0.504 e. The molecule has 0 aromatic heterocycles.